The van der Waals surface area contributed by atoms with Gasteiger partial charge in [0.25, 0.3) is 11.8 Å². The summed E-state index contributed by atoms with van der Waals surface area (Å²) in [6.45, 7) is 4.25. The number of nitrogens with two attached hydrogens (primary N) is 1. The molecule has 0 atom stereocenters. The van der Waals surface area contributed by atoms with Gasteiger partial charge in [0.05, 0.1) is 23.2 Å². The topological polar surface area (TPSA) is 108 Å². The molecular formula is C21H21N5O3. The first-order chi connectivity index (χ1) is 13.9. The predicted molar refractivity (Wildman–Crippen MR) is 109 cm³/mol. The third-order valence-electron chi connectivity index (χ3n) is 5.04. The van der Waals surface area contributed by atoms with Gasteiger partial charge in [0.1, 0.15) is 11.4 Å². The SMILES string of the molecule is Cc1ccccc1Cn1c(C(=O)Nc2c(C)nn(C)c2C(N)=O)cc2occc21. The van der Waals surface area contributed by atoms with Gasteiger partial charge in [-0.15, -0.1) is 0 Å². The molecule has 0 aliphatic rings. The van der Waals surface area contributed by atoms with Gasteiger partial charge in [-0.3, -0.25) is 14.3 Å². The lowest BCUT2D eigenvalue weighted by Crippen LogP contribution is -2.22. The fraction of sp³-hybridized carbons (Fsp3) is 0.190. The summed E-state index contributed by atoms with van der Waals surface area (Å²) in [7, 11) is 1.61. The largest absolute Gasteiger partial charge is 0.463 e. The van der Waals surface area contributed by atoms with E-state index in [2.05, 4.69) is 10.4 Å². The average molecular weight is 391 g/mol. The van der Waals surface area contributed by atoms with E-state index >= 15 is 0 Å². The van der Waals surface area contributed by atoms with Crippen molar-refractivity contribution in [1.29, 1.82) is 0 Å². The fourth-order valence-electron chi connectivity index (χ4n) is 3.56. The van der Waals surface area contributed by atoms with Crippen molar-refractivity contribution < 1.29 is 14.0 Å². The first kappa shape index (κ1) is 18.5. The molecule has 3 N–H and O–H groups in total. The number of rotatable bonds is 5. The van der Waals surface area contributed by atoms with Crippen LogP contribution >= 0.6 is 0 Å². The van der Waals surface area contributed by atoms with Crippen LogP contribution in [-0.4, -0.2) is 26.2 Å². The summed E-state index contributed by atoms with van der Waals surface area (Å²) in [4.78, 5) is 25.0. The van der Waals surface area contributed by atoms with E-state index in [1.165, 1.54) is 4.68 Å². The lowest BCUT2D eigenvalue weighted by atomic mass is 10.1. The monoisotopic (exact) mass is 391 g/mol. The van der Waals surface area contributed by atoms with Gasteiger partial charge in [0, 0.05) is 25.7 Å². The highest BCUT2D eigenvalue weighted by Crippen LogP contribution is 2.26. The Morgan fingerprint density at radius 2 is 1.97 bits per heavy atom. The molecule has 2 amide bonds. The normalized spacial score (nSPS) is 11.1. The number of anilines is 1. The van der Waals surface area contributed by atoms with E-state index < -0.39 is 5.91 Å². The summed E-state index contributed by atoms with van der Waals surface area (Å²) in [5, 5.41) is 6.99. The van der Waals surface area contributed by atoms with Crippen LogP contribution in [0.15, 0.2) is 47.1 Å². The number of aromatic nitrogens is 3. The number of aryl methyl sites for hydroxylation is 3. The Kier molecular flexibility index (Phi) is 4.46. The van der Waals surface area contributed by atoms with E-state index in [-0.39, 0.29) is 11.6 Å². The third-order valence-corrected chi connectivity index (χ3v) is 5.04. The van der Waals surface area contributed by atoms with Crippen molar-refractivity contribution in [1.82, 2.24) is 14.3 Å². The first-order valence-electron chi connectivity index (χ1n) is 9.12. The zero-order valence-electron chi connectivity index (χ0n) is 16.4. The number of nitrogens with one attached hydrogen (secondary N) is 1. The van der Waals surface area contributed by atoms with Crippen LogP contribution in [0.2, 0.25) is 0 Å². The molecule has 0 aliphatic carbocycles. The van der Waals surface area contributed by atoms with Crippen LogP contribution in [0.4, 0.5) is 5.69 Å². The number of fused-ring (bicyclic) bond motifs is 1. The fourth-order valence-corrected chi connectivity index (χ4v) is 3.56. The van der Waals surface area contributed by atoms with Gasteiger partial charge in [0.2, 0.25) is 0 Å². The molecule has 4 aromatic rings. The predicted octanol–water partition coefficient (Wildman–Crippen LogP) is 2.98. The van der Waals surface area contributed by atoms with Crippen LogP contribution in [0, 0.1) is 13.8 Å². The molecule has 8 nitrogen and oxygen atoms in total. The zero-order chi connectivity index (χ0) is 20.7. The lowest BCUT2D eigenvalue weighted by molar-refractivity contribution is 0.0992. The molecular weight excluding hydrogens is 370 g/mol. The Morgan fingerprint density at radius 3 is 2.69 bits per heavy atom. The van der Waals surface area contributed by atoms with Crippen molar-refractivity contribution in [3.05, 3.63) is 70.9 Å². The van der Waals surface area contributed by atoms with E-state index in [4.69, 9.17) is 10.2 Å². The Labute approximate surface area is 166 Å². The van der Waals surface area contributed by atoms with E-state index in [9.17, 15) is 9.59 Å². The minimum absolute atomic E-state index is 0.150. The molecule has 29 heavy (non-hydrogen) atoms. The molecule has 148 valence electrons. The maximum absolute atomic E-state index is 13.2. The Balaban J connectivity index is 1.75. The van der Waals surface area contributed by atoms with Crippen LogP contribution in [0.25, 0.3) is 11.1 Å². The van der Waals surface area contributed by atoms with Crippen molar-refractivity contribution in [3.8, 4) is 0 Å². The van der Waals surface area contributed by atoms with Crippen LogP contribution in [-0.2, 0) is 13.6 Å². The van der Waals surface area contributed by atoms with Gasteiger partial charge < -0.3 is 20.0 Å². The molecule has 0 radical (unpaired) electrons. The Hall–Kier alpha value is -3.81. The number of furan rings is 1. The smallest absolute Gasteiger partial charge is 0.272 e. The number of primary amides is 1. The number of carbonyl (C=O) groups excluding carboxylic acids is 2. The van der Waals surface area contributed by atoms with E-state index in [1.54, 1.807) is 26.3 Å². The van der Waals surface area contributed by atoms with E-state index in [0.717, 1.165) is 16.6 Å². The molecule has 0 aliphatic heterocycles. The second kappa shape index (κ2) is 6.97. The van der Waals surface area contributed by atoms with Crippen LogP contribution in [0.3, 0.4) is 0 Å². The van der Waals surface area contributed by atoms with Gasteiger partial charge >= 0.3 is 0 Å². The maximum atomic E-state index is 13.2. The molecule has 3 heterocycles. The molecule has 1 aromatic carbocycles. The maximum Gasteiger partial charge on any atom is 0.272 e. The number of nitrogens with zero attached hydrogens (tertiary/aromatic N) is 3. The summed E-state index contributed by atoms with van der Waals surface area (Å²) in [6.07, 6.45) is 1.59. The molecule has 8 heteroatoms. The third kappa shape index (κ3) is 3.18. The van der Waals surface area contributed by atoms with Crippen molar-refractivity contribution in [2.45, 2.75) is 20.4 Å². The quantitative estimate of drug-likeness (QED) is 0.545. The molecule has 0 fully saturated rings. The molecule has 0 saturated heterocycles. The molecule has 0 unspecified atom stereocenters. The molecule has 4 rings (SSSR count). The Bertz CT molecular complexity index is 1240. The Morgan fingerprint density at radius 1 is 1.21 bits per heavy atom. The van der Waals surface area contributed by atoms with E-state index in [1.807, 2.05) is 41.8 Å². The van der Waals surface area contributed by atoms with Crippen molar-refractivity contribution in [2.24, 2.45) is 12.8 Å². The molecule has 3 aromatic heterocycles. The van der Waals surface area contributed by atoms with Gasteiger partial charge in [-0.1, -0.05) is 24.3 Å². The summed E-state index contributed by atoms with van der Waals surface area (Å²) in [5.41, 5.74) is 10.5. The number of benzene rings is 1. The molecule has 0 saturated carbocycles. The summed E-state index contributed by atoms with van der Waals surface area (Å²) >= 11 is 0. The standard InChI is InChI=1S/C21H21N5O3/c1-12-6-4-5-7-14(12)11-26-15-8-9-29-17(15)10-16(26)21(28)23-18-13(2)24-25(3)19(18)20(22)27/h4-10H,11H2,1-3H3,(H2,22,27)(H,23,28). The number of carbonyl (C=O) groups is 2. The summed E-state index contributed by atoms with van der Waals surface area (Å²) < 4.78 is 8.77. The average Bonchev–Trinajstić information content (AvgIpc) is 3.32. The summed E-state index contributed by atoms with van der Waals surface area (Å²) in [5.74, 6) is -1.03. The second-order valence-corrected chi connectivity index (χ2v) is 6.96. The van der Waals surface area contributed by atoms with Crippen LogP contribution in [0.1, 0.15) is 37.8 Å². The van der Waals surface area contributed by atoms with E-state index in [0.29, 0.717) is 29.2 Å². The zero-order valence-corrected chi connectivity index (χ0v) is 16.4. The minimum Gasteiger partial charge on any atom is -0.463 e. The molecule has 0 bridgehead atoms. The number of amides is 2. The van der Waals surface area contributed by atoms with Gasteiger partial charge in [-0.05, 0) is 25.0 Å². The van der Waals surface area contributed by atoms with Gasteiger partial charge in [-0.25, -0.2) is 0 Å². The highest BCUT2D eigenvalue weighted by molar-refractivity contribution is 6.09. The van der Waals surface area contributed by atoms with Crippen LogP contribution in [0.5, 0.6) is 0 Å². The van der Waals surface area contributed by atoms with Gasteiger partial charge in [-0.2, -0.15) is 5.10 Å². The lowest BCUT2D eigenvalue weighted by Gasteiger charge is -2.12. The summed E-state index contributed by atoms with van der Waals surface area (Å²) in [6, 6.07) is 11.5. The minimum atomic E-state index is -0.660. The highest BCUT2D eigenvalue weighted by Gasteiger charge is 2.23. The second-order valence-electron chi connectivity index (χ2n) is 6.96. The number of hydrogen-bond donors (Lipinski definition) is 2. The highest BCUT2D eigenvalue weighted by atomic mass is 16.3. The van der Waals surface area contributed by atoms with Crippen molar-refractivity contribution in [2.75, 3.05) is 5.32 Å². The number of hydrogen-bond acceptors (Lipinski definition) is 4. The van der Waals surface area contributed by atoms with Crippen molar-refractivity contribution in [3.63, 3.8) is 0 Å². The van der Waals surface area contributed by atoms with Crippen LogP contribution < -0.4 is 11.1 Å². The molecule has 0 spiro atoms. The first-order valence-corrected chi connectivity index (χ1v) is 9.12. The van der Waals surface area contributed by atoms with Crippen molar-refractivity contribution >= 4 is 28.6 Å². The van der Waals surface area contributed by atoms with Gasteiger partial charge in [0.15, 0.2) is 5.58 Å².